The van der Waals surface area contributed by atoms with Crippen molar-refractivity contribution in [2.45, 2.75) is 6.42 Å². The van der Waals surface area contributed by atoms with E-state index in [9.17, 15) is 9.59 Å². The predicted molar refractivity (Wildman–Crippen MR) is 53.4 cm³/mol. The molecule has 0 aromatic carbocycles. The van der Waals surface area contributed by atoms with Gasteiger partial charge in [-0.2, -0.15) is 0 Å². The van der Waals surface area contributed by atoms with Crippen LogP contribution >= 0.6 is 0 Å². The number of aliphatic carboxylic acids is 1. The van der Waals surface area contributed by atoms with Crippen molar-refractivity contribution < 1.29 is 14.7 Å². The van der Waals surface area contributed by atoms with Gasteiger partial charge in [-0.3, -0.25) is 9.69 Å². The first-order chi connectivity index (χ1) is 7.11. The van der Waals surface area contributed by atoms with Crippen LogP contribution in [-0.2, 0) is 4.79 Å². The van der Waals surface area contributed by atoms with E-state index in [0.29, 0.717) is 5.82 Å². The van der Waals surface area contributed by atoms with Gasteiger partial charge < -0.3 is 10.8 Å². The first-order valence-corrected chi connectivity index (χ1v) is 4.31. The van der Waals surface area contributed by atoms with E-state index in [1.807, 2.05) is 0 Å². The van der Waals surface area contributed by atoms with Crippen molar-refractivity contribution in [1.82, 2.24) is 4.98 Å². The number of hydrogen-bond donors (Lipinski definition) is 2. The zero-order valence-electron chi connectivity index (χ0n) is 7.96. The van der Waals surface area contributed by atoms with Crippen molar-refractivity contribution in [3.05, 3.63) is 24.4 Å². The number of aromatic nitrogens is 1. The van der Waals surface area contributed by atoms with E-state index in [2.05, 4.69) is 4.98 Å². The second kappa shape index (κ2) is 4.94. The highest BCUT2D eigenvalue weighted by atomic mass is 16.4. The maximum Gasteiger partial charge on any atom is 0.320 e. The predicted octanol–water partition coefficient (Wildman–Crippen LogP) is 0.441. The van der Waals surface area contributed by atoms with Crippen LogP contribution in [0.1, 0.15) is 6.42 Å². The van der Waals surface area contributed by atoms with E-state index < -0.39 is 12.0 Å². The summed E-state index contributed by atoms with van der Waals surface area (Å²) in [7, 11) is 0. The van der Waals surface area contributed by atoms with Crippen LogP contribution in [0.15, 0.2) is 24.4 Å². The van der Waals surface area contributed by atoms with Gasteiger partial charge in [-0.05, 0) is 12.1 Å². The van der Waals surface area contributed by atoms with Gasteiger partial charge in [0.1, 0.15) is 5.82 Å². The number of carboxylic acids is 1. The molecule has 1 rings (SSSR count). The van der Waals surface area contributed by atoms with Gasteiger partial charge in [0.2, 0.25) is 0 Å². The molecule has 0 atom stereocenters. The normalized spacial score (nSPS) is 9.60. The summed E-state index contributed by atoms with van der Waals surface area (Å²) in [5.74, 6) is -0.636. The molecule has 0 radical (unpaired) electrons. The molecule has 0 aliphatic heterocycles. The topological polar surface area (TPSA) is 96.5 Å². The van der Waals surface area contributed by atoms with E-state index in [0.717, 1.165) is 4.90 Å². The highest BCUT2D eigenvalue weighted by Crippen LogP contribution is 2.09. The van der Waals surface area contributed by atoms with Crippen LogP contribution in [0.3, 0.4) is 0 Å². The molecule has 1 heterocycles. The molecule has 6 heteroatoms. The van der Waals surface area contributed by atoms with E-state index in [-0.39, 0.29) is 13.0 Å². The van der Waals surface area contributed by atoms with Gasteiger partial charge in [-0.25, -0.2) is 9.78 Å². The Morgan fingerprint density at radius 2 is 2.20 bits per heavy atom. The average molecular weight is 209 g/mol. The van der Waals surface area contributed by atoms with Gasteiger partial charge in [-0.1, -0.05) is 6.07 Å². The second-order valence-electron chi connectivity index (χ2n) is 2.82. The van der Waals surface area contributed by atoms with Gasteiger partial charge >= 0.3 is 12.0 Å². The number of carbonyl (C=O) groups excluding carboxylic acids is 1. The molecule has 0 aliphatic rings. The van der Waals surface area contributed by atoms with Gasteiger partial charge in [0.15, 0.2) is 0 Å². The first-order valence-electron chi connectivity index (χ1n) is 4.31. The third-order valence-corrected chi connectivity index (χ3v) is 1.74. The summed E-state index contributed by atoms with van der Waals surface area (Å²) in [6.45, 7) is 0.0156. The summed E-state index contributed by atoms with van der Waals surface area (Å²) in [4.78, 5) is 26.4. The van der Waals surface area contributed by atoms with Crippen molar-refractivity contribution >= 4 is 17.8 Å². The molecule has 0 unspecified atom stereocenters. The fourth-order valence-corrected chi connectivity index (χ4v) is 1.06. The van der Waals surface area contributed by atoms with Gasteiger partial charge in [0.05, 0.1) is 6.42 Å². The zero-order chi connectivity index (χ0) is 11.3. The summed E-state index contributed by atoms with van der Waals surface area (Å²) in [5.41, 5.74) is 5.11. The number of urea groups is 1. The molecule has 1 aromatic rings. The number of rotatable bonds is 4. The quantitative estimate of drug-likeness (QED) is 0.751. The largest absolute Gasteiger partial charge is 0.481 e. The SMILES string of the molecule is NC(=O)N(CCC(=O)O)c1ccccn1. The third kappa shape index (κ3) is 3.26. The van der Waals surface area contributed by atoms with Crippen molar-refractivity contribution in [1.29, 1.82) is 0 Å². The standard InChI is InChI=1S/C9H11N3O3/c10-9(15)12(6-4-8(13)14)7-3-1-2-5-11-7/h1-3,5H,4,6H2,(H2,10,15)(H,13,14). The van der Waals surface area contributed by atoms with Crippen LogP contribution < -0.4 is 10.6 Å². The van der Waals surface area contributed by atoms with E-state index in [1.165, 1.54) is 6.20 Å². The average Bonchev–Trinajstić information content (AvgIpc) is 2.18. The Balaban J connectivity index is 2.75. The van der Waals surface area contributed by atoms with Crippen molar-refractivity contribution in [2.24, 2.45) is 5.73 Å². The van der Waals surface area contributed by atoms with E-state index >= 15 is 0 Å². The summed E-state index contributed by atoms with van der Waals surface area (Å²) in [5, 5.41) is 8.49. The zero-order valence-corrected chi connectivity index (χ0v) is 7.96. The Morgan fingerprint density at radius 1 is 1.47 bits per heavy atom. The second-order valence-corrected chi connectivity index (χ2v) is 2.82. The van der Waals surface area contributed by atoms with Crippen molar-refractivity contribution in [3.8, 4) is 0 Å². The molecule has 0 spiro atoms. The number of primary amides is 1. The van der Waals surface area contributed by atoms with Crippen LogP contribution in [0.25, 0.3) is 0 Å². The Hall–Kier alpha value is -2.11. The number of carboxylic acid groups (broad SMARTS) is 1. The van der Waals surface area contributed by atoms with E-state index in [1.54, 1.807) is 18.2 Å². The summed E-state index contributed by atoms with van der Waals surface area (Å²) < 4.78 is 0. The summed E-state index contributed by atoms with van der Waals surface area (Å²) in [6, 6.07) is 4.26. The first kappa shape index (κ1) is 11.0. The highest BCUT2D eigenvalue weighted by Gasteiger charge is 2.14. The van der Waals surface area contributed by atoms with Crippen LogP contribution in [0.2, 0.25) is 0 Å². The van der Waals surface area contributed by atoms with Crippen molar-refractivity contribution in [3.63, 3.8) is 0 Å². The molecule has 0 fully saturated rings. The van der Waals surface area contributed by atoms with Crippen LogP contribution in [0.5, 0.6) is 0 Å². The lowest BCUT2D eigenvalue weighted by molar-refractivity contribution is -0.136. The molecule has 1 aromatic heterocycles. The maximum absolute atomic E-state index is 11.0. The fraction of sp³-hybridized carbons (Fsp3) is 0.222. The Bertz CT molecular complexity index is 353. The number of nitrogens with zero attached hydrogens (tertiary/aromatic N) is 2. The summed E-state index contributed by atoms with van der Waals surface area (Å²) >= 11 is 0. The smallest absolute Gasteiger partial charge is 0.320 e. The fourth-order valence-electron chi connectivity index (χ4n) is 1.06. The lowest BCUT2D eigenvalue weighted by Gasteiger charge is -2.17. The van der Waals surface area contributed by atoms with Gasteiger partial charge in [0.25, 0.3) is 0 Å². The minimum absolute atomic E-state index is 0.0156. The van der Waals surface area contributed by atoms with Crippen molar-refractivity contribution in [2.75, 3.05) is 11.4 Å². The van der Waals surface area contributed by atoms with Gasteiger partial charge in [-0.15, -0.1) is 0 Å². The number of hydrogen-bond acceptors (Lipinski definition) is 3. The molecule has 0 saturated carbocycles. The summed E-state index contributed by atoms with van der Waals surface area (Å²) in [6.07, 6.45) is 1.34. The Labute approximate surface area is 86.3 Å². The number of anilines is 1. The highest BCUT2D eigenvalue weighted by molar-refractivity contribution is 5.90. The van der Waals surface area contributed by atoms with Gasteiger partial charge in [0, 0.05) is 12.7 Å². The lowest BCUT2D eigenvalue weighted by Crippen LogP contribution is -2.37. The molecule has 0 aliphatic carbocycles. The van der Waals surface area contributed by atoms with Crippen LogP contribution in [0, 0.1) is 0 Å². The minimum Gasteiger partial charge on any atom is -0.481 e. The Morgan fingerprint density at radius 3 is 2.67 bits per heavy atom. The monoisotopic (exact) mass is 209 g/mol. The molecule has 3 N–H and O–H groups in total. The molecule has 15 heavy (non-hydrogen) atoms. The lowest BCUT2D eigenvalue weighted by atomic mass is 10.3. The molecule has 0 bridgehead atoms. The molecule has 2 amide bonds. The van der Waals surface area contributed by atoms with Crippen LogP contribution in [-0.4, -0.2) is 28.6 Å². The molecule has 0 saturated heterocycles. The molecular weight excluding hydrogens is 198 g/mol. The van der Waals surface area contributed by atoms with Crippen LogP contribution in [0.4, 0.5) is 10.6 Å². The Kier molecular flexibility index (Phi) is 3.61. The maximum atomic E-state index is 11.0. The molecule has 80 valence electrons. The minimum atomic E-state index is -0.989. The number of amides is 2. The number of pyridine rings is 1. The molecule has 6 nitrogen and oxygen atoms in total. The number of carbonyl (C=O) groups is 2. The third-order valence-electron chi connectivity index (χ3n) is 1.74. The van der Waals surface area contributed by atoms with E-state index in [4.69, 9.17) is 10.8 Å². The number of nitrogens with two attached hydrogens (primary N) is 1. The molecular formula is C9H11N3O3.